The van der Waals surface area contributed by atoms with Gasteiger partial charge in [-0.25, -0.2) is 4.98 Å². The number of amides is 1. The number of hydrogen-bond donors (Lipinski definition) is 2. The molecule has 0 unspecified atom stereocenters. The Morgan fingerprint density at radius 3 is 2.90 bits per heavy atom. The quantitative estimate of drug-likeness (QED) is 0.748. The highest BCUT2D eigenvalue weighted by molar-refractivity contribution is 6.04. The van der Waals surface area contributed by atoms with Crippen LogP contribution in [0, 0.1) is 6.92 Å². The Morgan fingerprint density at radius 2 is 2.20 bits per heavy atom. The molecule has 0 aliphatic rings. The van der Waals surface area contributed by atoms with Gasteiger partial charge in [-0.2, -0.15) is 0 Å². The molecule has 0 saturated heterocycles. The minimum Gasteiger partial charge on any atom is -0.441 e. The van der Waals surface area contributed by atoms with Crippen LogP contribution in [-0.4, -0.2) is 15.5 Å². The minimum absolute atomic E-state index is 0.219. The van der Waals surface area contributed by atoms with E-state index in [-0.39, 0.29) is 5.91 Å². The molecule has 0 atom stereocenters. The number of aryl methyl sites for hydroxylation is 2. The van der Waals surface area contributed by atoms with Crippen LogP contribution in [0.4, 0.5) is 11.4 Å². The number of benzene rings is 1. The van der Waals surface area contributed by atoms with Crippen LogP contribution < -0.4 is 11.1 Å². The lowest BCUT2D eigenvalue weighted by molar-refractivity contribution is 0.101. The Hall–Kier alpha value is -2.76. The summed E-state index contributed by atoms with van der Waals surface area (Å²) in [4.78, 5) is 16.4. The summed E-state index contributed by atoms with van der Waals surface area (Å²) < 4.78 is 7.07. The van der Waals surface area contributed by atoms with E-state index in [4.69, 9.17) is 10.2 Å². The summed E-state index contributed by atoms with van der Waals surface area (Å²) in [5, 5.41) is 2.82. The molecule has 0 saturated carbocycles. The maximum Gasteiger partial charge on any atom is 0.272 e. The number of carbonyl (C=O) groups excluding carboxylic acids is 1. The van der Waals surface area contributed by atoms with Crippen molar-refractivity contribution in [3.63, 3.8) is 0 Å². The molecule has 6 heteroatoms. The summed E-state index contributed by atoms with van der Waals surface area (Å²) in [6.45, 7) is 1.78. The first kappa shape index (κ1) is 12.3. The zero-order valence-electron chi connectivity index (χ0n) is 11.2. The molecule has 3 rings (SSSR count). The van der Waals surface area contributed by atoms with Crippen molar-refractivity contribution >= 4 is 28.4 Å². The molecule has 0 fully saturated rings. The van der Waals surface area contributed by atoms with E-state index in [1.807, 2.05) is 0 Å². The molecule has 1 aromatic carbocycles. The van der Waals surface area contributed by atoms with Gasteiger partial charge in [0.05, 0.1) is 5.69 Å². The molecule has 0 aliphatic carbocycles. The summed E-state index contributed by atoms with van der Waals surface area (Å²) in [5.74, 6) is 0.377. The largest absolute Gasteiger partial charge is 0.441 e. The van der Waals surface area contributed by atoms with Gasteiger partial charge in [-0.15, -0.1) is 0 Å². The standard InChI is InChI=1S/C14H14N4O2/c1-8-16-11-6-10(3-4-13(11)20-8)17-14(19)12-5-9(15)7-18(12)2/h3-7H,15H2,1-2H3,(H,17,19). The Morgan fingerprint density at radius 1 is 1.40 bits per heavy atom. The second-order valence-corrected chi connectivity index (χ2v) is 4.64. The number of anilines is 2. The predicted molar refractivity (Wildman–Crippen MR) is 76.5 cm³/mol. The third-order valence-electron chi connectivity index (χ3n) is 3.01. The van der Waals surface area contributed by atoms with Gasteiger partial charge >= 0.3 is 0 Å². The summed E-state index contributed by atoms with van der Waals surface area (Å²) >= 11 is 0. The SMILES string of the molecule is Cc1nc2cc(NC(=O)c3cc(N)cn3C)ccc2o1. The van der Waals surface area contributed by atoms with Crippen LogP contribution in [0.15, 0.2) is 34.9 Å². The van der Waals surface area contributed by atoms with E-state index in [9.17, 15) is 4.79 Å². The van der Waals surface area contributed by atoms with Gasteiger partial charge < -0.3 is 20.0 Å². The molecule has 0 radical (unpaired) electrons. The van der Waals surface area contributed by atoms with Crippen molar-refractivity contribution in [1.82, 2.24) is 9.55 Å². The van der Waals surface area contributed by atoms with E-state index in [1.165, 1.54) is 0 Å². The molecular weight excluding hydrogens is 256 g/mol. The minimum atomic E-state index is -0.219. The Bertz CT molecular complexity index is 801. The number of hydrogen-bond acceptors (Lipinski definition) is 4. The summed E-state index contributed by atoms with van der Waals surface area (Å²) in [5.41, 5.74) is 8.79. The van der Waals surface area contributed by atoms with Crippen LogP contribution in [0.25, 0.3) is 11.1 Å². The van der Waals surface area contributed by atoms with E-state index in [0.717, 1.165) is 0 Å². The highest BCUT2D eigenvalue weighted by atomic mass is 16.3. The van der Waals surface area contributed by atoms with Crippen molar-refractivity contribution in [2.24, 2.45) is 7.05 Å². The topological polar surface area (TPSA) is 86.1 Å². The Balaban J connectivity index is 1.88. The maximum absolute atomic E-state index is 12.2. The molecular formula is C14H14N4O2. The number of fused-ring (bicyclic) bond motifs is 1. The van der Waals surface area contributed by atoms with E-state index < -0.39 is 0 Å². The molecule has 20 heavy (non-hydrogen) atoms. The number of nitrogens with one attached hydrogen (secondary N) is 1. The highest BCUT2D eigenvalue weighted by Crippen LogP contribution is 2.20. The van der Waals surface area contributed by atoms with Gasteiger partial charge in [0.2, 0.25) is 0 Å². The van der Waals surface area contributed by atoms with Gasteiger partial charge in [0.25, 0.3) is 5.91 Å². The Labute approximate surface area is 115 Å². The van der Waals surface area contributed by atoms with Gasteiger partial charge in [0.15, 0.2) is 11.5 Å². The van der Waals surface area contributed by atoms with Crippen molar-refractivity contribution < 1.29 is 9.21 Å². The molecule has 102 valence electrons. The third-order valence-corrected chi connectivity index (χ3v) is 3.01. The molecule has 0 bridgehead atoms. The number of nitrogen functional groups attached to an aromatic ring is 1. The van der Waals surface area contributed by atoms with Crippen LogP contribution in [0.5, 0.6) is 0 Å². The average molecular weight is 270 g/mol. The van der Waals surface area contributed by atoms with Crippen molar-refractivity contribution in [1.29, 1.82) is 0 Å². The molecule has 2 aromatic heterocycles. The third kappa shape index (κ3) is 2.11. The summed E-state index contributed by atoms with van der Waals surface area (Å²) in [7, 11) is 1.77. The molecule has 3 N–H and O–H groups in total. The normalized spacial score (nSPS) is 10.9. The second-order valence-electron chi connectivity index (χ2n) is 4.64. The van der Waals surface area contributed by atoms with Crippen molar-refractivity contribution in [2.45, 2.75) is 6.92 Å². The van der Waals surface area contributed by atoms with Crippen LogP contribution in [0.1, 0.15) is 16.4 Å². The van der Waals surface area contributed by atoms with Crippen molar-refractivity contribution in [2.75, 3.05) is 11.1 Å². The number of oxazole rings is 1. The van der Waals surface area contributed by atoms with Crippen LogP contribution in [-0.2, 0) is 7.05 Å². The van der Waals surface area contributed by atoms with E-state index in [1.54, 1.807) is 49.0 Å². The molecule has 6 nitrogen and oxygen atoms in total. The fourth-order valence-electron chi connectivity index (χ4n) is 2.13. The zero-order valence-corrected chi connectivity index (χ0v) is 11.2. The molecule has 0 aliphatic heterocycles. The summed E-state index contributed by atoms with van der Waals surface area (Å²) in [6, 6.07) is 6.96. The van der Waals surface area contributed by atoms with Crippen LogP contribution in [0.2, 0.25) is 0 Å². The first-order chi connectivity index (χ1) is 9.52. The fraction of sp³-hybridized carbons (Fsp3) is 0.143. The molecule has 3 aromatic rings. The maximum atomic E-state index is 12.2. The van der Waals surface area contributed by atoms with Crippen molar-refractivity contribution in [3.05, 3.63) is 42.0 Å². The number of nitrogens with two attached hydrogens (primary N) is 1. The van der Waals surface area contributed by atoms with Gasteiger partial charge in [-0.3, -0.25) is 4.79 Å². The van der Waals surface area contributed by atoms with E-state index >= 15 is 0 Å². The lowest BCUT2D eigenvalue weighted by atomic mass is 10.2. The lowest BCUT2D eigenvalue weighted by Crippen LogP contribution is -2.15. The highest BCUT2D eigenvalue weighted by Gasteiger charge is 2.12. The van der Waals surface area contributed by atoms with Gasteiger partial charge in [-0.05, 0) is 24.3 Å². The summed E-state index contributed by atoms with van der Waals surface area (Å²) in [6.07, 6.45) is 1.69. The molecule has 1 amide bonds. The smallest absolute Gasteiger partial charge is 0.272 e. The number of nitrogens with zero attached hydrogens (tertiary/aromatic N) is 2. The first-order valence-corrected chi connectivity index (χ1v) is 6.13. The number of aromatic nitrogens is 2. The van der Waals surface area contributed by atoms with Crippen LogP contribution in [0.3, 0.4) is 0 Å². The van der Waals surface area contributed by atoms with Gasteiger partial charge in [0, 0.05) is 25.9 Å². The van der Waals surface area contributed by atoms with Crippen molar-refractivity contribution in [3.8, 4) is 0 Å². The number of rotatable bonds is 2. The monoisotopic (exact) mass is 270 g/mol. The van der Waals surface area contributed by atoms with Gasteiger partial charge in [-0.1, -0.05) is 0 Å². The van der Waals surface area contributed by atoms with Crippen LogP contribution >= 0.6 is 0 Å². The second kappa shape index (κ2) is 4.41. The Kier molecular flexibility index (Phi) is 2.71. The van der Waals surface area contributed by atoms with Gasteiger partial charge in [0.1, 0.15) is 11.2 Å². The van der Waals surface area contributed by atoms with E-state index in [2.05, 4.69) is 10.3 Å². The van der Waals surface area contributed by atoms with E-state index in [0.29, 0.717) is 34.1 Å². The molecule has 0 spiro atoms. The fourth-order valence-corrected chi connectivity index (χ4v) is 2.13. The first-order valence-electron chi connectivity index (χ1n) is 6.13. The lowest BCUT2D eigenvalue weighted by Gasteiger charge is -2.05. The molecule has 2 heterocycles. The predicted octanol–water partition coefficient (Wildman–Crippen LogP) is 2.31. The number of carbonyl (C=O) groups is 1. The average Bonchev–Trinajstić information content (AvgIpc) is 2.90. The zero-order chi connectivity index (χ0) is 14.3.